The minimum atomic E-state index is -0.358. The molecular formula is C16H24ClFN2. The summed E-state index contributed by atoms with van der Waals surface area (Å²) in [5.41, 5.74) is 4.03. The Morgan fingerprint density at radius 3 is 2.85 bits per heavy atom. The first-order valence-electron chi connectivity index (χ1n) is 7.34. The molecule has 1 fully saturated rings. The summed E-state index contributed by atoms with van der Waals surface area (Å²) >= 11 is 6.06. The summed E-state index contributed by atoms with van der Waals surface area (Å²) < 4.78 is 13.5. The molecule has 1 aromatic carbocycles. The van der Waals surface area contributed by atoms with Crippen molar-refractivity contribution >= 4 is 11.6 Å². The second-order valence-electron chi connectivity index (χ2n) is 6.53. The first kappa shape index (κ1) is 15.7. The summed E-state index contributed by atoms with van der Waals surface area (Å²) in [6.07, 6.45) is 5.56. The van der Waals surface area contributed by atoms with Crippen molar-refractivity contribution in [3.05, 3.63) is 34.6 Å². The van der Waals surface area contributed by atoms with Gasteiger partial charge in [-0.25, -0.2) is 4.39 Å². The Hall–Kier alpha value is -0.640. The summed E-state index contributed by atoms with van der Waals surface area (Å²) in [5.74, 6) is 5.90. The lowest BCUT2D eigenvalue weighted by Crippen LogP contribution is -2.48. The molecule has 20 heavy (non-hydrogen) atoms. The third-order valence-electron chi connectivity index (χ3n) is 4.76. The van der Waals surface area contributed by atoms with E-state index in [-0.39, 0.29) is 22.3 Å². The Labute approximate surface area is 125 Å². The molecule has 0 saturated heterocycles. The molecule has 2 unspecified atom stereocenters. The molecule has 2 rings (SSSR count). The molecule has 0 heterocycles. The zero-order valence-electron chi connectivity index (χ0n) is 12.3. The van der Waals surface area contributed by atoms with Crippen LogP contribution < -0.4 is 11.3 Å². The fourth-order valence-electron chi connectivity index (χ4n) is 3.53. The van der Waals surface area contributed by atoms with Gasteiger partial charge < -0.3 is 0 Å². The zero-order valence-corrected chi connectivity index (χ0v) is 13.0. The monoisotopic (exact) mass is 298 g/mol. The van der Waals surface area contributed by atoms with Crippen LogP contribution in [0.15, 0.2) is 18.2 Å². The highest BCUT2D eigenvalue weighted by atomic mass is 35.5. The van der Waals surface area contributed by atoms with Gasteiger partial charge in [0, 0.05) is 6.04 Å². The Kier molecular flexibility index (Phi) is 5.05. The van der Waals surface area contributed by atoms with Crippen LogP contribution in [-0.2, 0) is 6.42 Å². The topological polar surface area (TPSA) is 38.0 Å². The molecule has 0 radical (unpaired) electrons. The van der Waals surface area contributed by atoms with Crippen LogP contribution in [-0.4, -0.2) is 6.04 Å². The predicted molar refractivity (Wildman–Crippen MR) is 82.0 cm³/mol. The summed E-state index contributed by atoms with van der Waals surface area (Å²) in [7, 11) is 0. The minimum absolute atomic E-state index is 0.129. The average molecular weight is 299 g/mol. The first-order chi connectivity index (χ1) is 9.45. The zero-order chi connectivity index (χ0) is 14.8. The van der Waals surface area contributed by atoms with Gasteiger partial charge in [-0.3, -0.25) is 11.3 Å². The van der Waals surface area contributed by atoms with E-state index in [1.165, 1.54) is 25.3 Å². The number of hydrogen-bond acceptors (Lipinski definition) is 2. The van der Waals surface area contributed by atoms with Gasteiger partial charge in [-0.05, 0) is 42.2 Å². The SMILES string of the molecule is CC1(C)CCCCC1C(Cc1cccc(F)c1Cl)NN. The number of nitrogens with one attached hydrogen (secondary N) is 1. The van der Waals surface area contributed by atoms with E-state index in [2.05, 4.69) is 19.3 Å². The summed E-state index contributed by atoms with van der Waals surface area (Å²) in [5, 5.41) is 0.223. The number of nitrogens with two attached hydrogens (primary N) is 1. The van der Waals surface area contributed by atoms with E-state index in [9.17, 15) is 4.39 Å². The second-order valence-corrected chi connectivity index (χ2v) is 6.91. The van der Waals surface area contributed by atoms with Crippen molar-refractivity contribution in [1.29, 1.82) is 0 Å². The predicted octanol–water partition coefficient (Wildman–Crippen LogP) is 4.07. The van der Waals surface area contributed by atoms with Gasteiger partial charge in [0.05, 0.1) is 5.02 Å². The van der Waals surface area contributed by atoms with Gasteiger partial charge in [-0.15, -0.1) is 0 Å². The van der Waals surface area contributed by atoms with Gasteiger partial charge in [0.1, 0.15) is 5.82 Å². The number of halogens is 2. The van der Waals surface area contributed by atoms with Crippen LogP contribution in [0.1, 0.15) is 45.1 Å². The van der Waals surface area contributed by atoms with Gasteiger partial charge in [-0.2, -0.15) is 0 Å². The molecule has 1 aliphatic rings. The Balaban J connectivity index is 2.18. The normalized spacial score (nSPS) is 23.6. The third-order valence-corrected chi connectivity index (χ3v) is 5.18. The molecule has 4 heteroatoms. The second kappa shape index (κ2) is 6.42. The van der Waals surface area contributed by atoms with Crippen molar-refractivity contribution in [2.75, 3.05) is 0 Å². The van der Waals surface area contributed by atoms with E-state index in [0.29, 0.717) is 12.3 Å². The quantitative estimate of drug-likeness (QED) is 0.649. The van der Waals surface area contributed by atoms with Crippen molar-refractivity contribution in [2.24, 2.45) is 17.2 Å². The van der Waals surface area contributed by atoms with Crippen LogP contribution in [0.5, 0.6) is 0 Å². The highest BCUT2D eigenvalue weighted by molar-refractivity contribution is 6.31. The molecule has 0 spiro atoms. The molecule has 112 valence electrons. The Bertz CT molecular complexity index is 462. The van der Waals surface area contributed by atoms with Crippen molar-refractivity contribution in [1.82, 2.24) is 5.43 Å². The summed E-state index contributed by atoms with van der Waals surface area (Å²) in [4.78, 5) is 0. The number of rotatable bonds is 4. The molecule has 1 aliphatic carbocycles. The highest BCUT2D eigenvalue weighted by Gasteiger charge is 2.37. The van der Waals surface area contributed by atoms with Gasteiger partial charge in [0.25, 0.3) is 0 Å². The van der Waals surface area contributed by atoms with Crippen LogP contribution in [0.3, 0.4) is 0 Å². The lowest BCUT2D eigenvalue weighted by molar-refractivity contribution is 0.0981. The molecule has 1 aromatic rings. The molecule has 2 atom stereocenters. The first-order valence-corrected chi connectivity index (χ1v) is 7.72. The number of benzene rings is 1. The molecule has 2 nitrogen and oxygen atoms in total. The molecule has 0 bridgehead atoms. The van der Waals surface area contributed by atoms with Crippen molar-refractivity contribution < 1.29 is 4.39 Å². The lowest BCUT2D eigenvalue weighted by Gasteiger charge is -2.43. The van der Waals surface area contributed by atoms with E-state index in [1.54, 1.807) is 6.07 Å². The number of hydrogen-bond donors (Lipinski definition) is 2. The van der Waals surface area contributed by atoms with Crippen LogP contribution in [0.25, 0.3) is 0 Å². The lowest BCUT2D eigenvalue weighted by atomic mass is 9.65. The van der Waals surface area contributed by atoms with Gasteiger partial charge >= 0.3 is 0 Å². The molecule has 1 saturated carbocycles. The van der Waals surface area contributed by atoms with Crippen molar-refractivity contribution in [3.63, 3.8) is 0 Å². The minimum Gasteiger partial charge on any atom is -0.271 e. The molecule has 0 amide bonds. The Morgan fingerprint density at radius 1 is 1.45 bits per heavy atom. The van der Waals surface area contributed by atoms with Gasteiger partial charge in [0.2, 0.25) is 0 Å². The largest absolute Gasteiger partial charge is 0.271 e. The van der Waals surface area contributed by atoms with Crippen LogP contribution in [0, 0.1) is 17.2 Å². The maximum atomic E-state index is 13.5. The van der Waals surface area contributed by atoms with E-state index in [1.807, 2.05) is 6.07 Å². The van der Waals surface area contributed by atoms with Crippen LogP contribution >= 0.6 is 11.6 Å². The molecule has 3 N–H and O–H groups in total. The van der Waals surface area contributed by atoms with Gasteiger partial charge in [0.15, 0.2) is 0 Å². The fourth-order valence-corrected chi connectivity index (χ4v) is 3.73. The summed E-state index contributed by atoms with van der Waals surface area (Å²) in [6.45, 7) is 4.60. The van der Waals surface area contributed by atoms with Crippen LogP contribution in [0.4, 0.5) is 4.39 Å². The maximum absolute atomic E-state index is 13.5. The molecular weight excluding hydrogens is 275 g/mol. The van der Waals surface area contributed by atoms with Crippen LogP contribution in [0.2, 0.25) is 5.02 Å². The maximum Gasteiger partial charge on any atom is 0.142 e. The molecule has 0 aliphatic heterocycles. The van der Waals surface area contributed by atoms with E-state index < -0.39 is 0 Å². The van der Waals surface area contributed by atoms with E-state index >= 15 is 0 Å². The van der Waals surface area contributed by atoms with E-state index in [4.69, 9.17) is 17.4 Å². The molecule has 0 aromatic heterocycles. The fraction of sp³-hybridized carbons (Fsp3) is 0.625. The standard InChI is InChI=1S/C16H24ClFN2/c1-16(2)9-4-3-7-12(16)14(20-19)10-11-6-5-8-13(18)15(11)17/h5-6,8,12,14,20H,3-4,7,9-10,19H2,1-2H3. The van der Waals surface area contributed by atoms with Gasteiger partial charge in [-0.1, -0.05) is 50.4 Å². The summed E-state index contributed by atoms with van der Waals surface area (Å²) in [6, 6.07) is 5.10. The highest BCUT2D eigenvalue weighted by Crippen LogP contribution is 2.43. The van der Waals surface area contributed by atoms with Crippen molar-refractivity contribution in [3.8, 4) is 0 Å². The van der Waals surface area contributed by atoms with E-state index in [0.717, 1.165) is 12.0 Å². The third kappa shape index (κ3) is 3.33. The Morgan fingerprint density at radius 2 is 2.20 bits per heavy atom. The average Bonchev–Trinajstić information content (AvgIpc) is 2.41. The smallest absolute Gasteiger partial charge is 0.142 e. The number of hydrazine groups is 1. The van der Waals surface area contributed by atoms with Crippen molar-refractivity contribution in [2.45, 2.75) is 52.0 Å².